The molecule has 7 nitrogen and oxygen atoms in total. The lowest BCUT2D eigenvalue weighted by Gasteiger charge is -2.14. The SMILES string of the molecule is CCOCCS(=O)(=O)NCC(=O)NCC(F)(F)CN. The van der Waals surface area contributed by atoms with Gasteiger partial charge >= 0.3 is 0 Å². The van der Waals surface area contributed by atoms with E-state index >= 15 is 0 Å². The number of hydrogen-bond acceptors (Lipinski definition) is 5. The summed E-state index contributed by atoms with van der Waals surface area (Å²) in [5, 5.41) is 1.89. The van der Waals surface area contributed by atoms with Crippen molar-refractivity contribution in [1.29, 1.82) is 0 Å². The molecule has 0 aliphatic heterocycles. The summed E-state index contributed by atoms with van der Waals surface area (Å²) in [4.78, 5) is 11.1. The lowest BCUT2D eigenvalue weighted by Crippen LogP contribution is -2.45. The zero-order valence-corrected chi connectivity index (χ0v) is 11.4. The predicted octanol–water partition coefficient (Wildman–Crippen LogP) is -1.35. The molecule has 10 heteroatoms. The Morgan fingerprint density at radius 2 is 2.05 bits per heavy atom. The van der Waals surface area contributed by atoms with Gasteiger partial charge in [-0.15, -0.1) is 0 Å². The molecule has 0 radical (unpaired) electrons. The van der Waals surface area contributed by atoms with Gasteiger partial charge in [-0.25, -0.2) is 21.9 Å². The van der Waals surface area contributed by atoms with Crippen molar-refractivity contribution >= 4 is 15.9 Å². The number of rotatable bonds is 10. The van der Waals surface area contributed by atoms with Gasteiger partial charge in [-0.05, 0) is 6.92 Å². The maximum atomic E-state index is 12.7. The van der Waals surface area contributed by atoms with Crippen LogP contribution < -0.4 is 15.8 Å². The summed E-state index contributed by atoms with van der Waals surface area (Å²) in [6.07, 6.45) is 0. The summed E-state index contributed by atoms with van der Waals surface area (Å²) in [6, 6.07) is 0. The molecule has 4 N–H and O–H groups in total. The summed E-state index contributed by atoms with van der Waals surface area (Å²) in [5.74, 6) is -4.36. The number of nitrogens with two attached hydrogens (primary N) is 1. The van der Waals surface area contributed by atoms with Gasteiger partial charge in [0.05, 0.1) is 32.0 Å². The van der Waals surface area contributed by atoms with Gasteiger partial charge < -0.3 is 15.8 Å². The van der Waals surface area contributed by atoms with Gasteiger partial charge in [-0.1, -0.05) is 0 Å². The molecule has 0 aromatic carbocycles. The van der Waals surface area contributed by atoms with E-state index in [4.69, 9.17) is 10.5 Å². The van der Waals surface area contributed by atoms with Gasteiger partial charge in [0.1, 0.15) is 0 Å². The molecule has 0 saturated carbocycles. The van der Waals surface area contributed by atoms with Crippen LogP contribution in [0.15, 0.2) is 0 Å². The number of amides is 1. The van der Waals surface area contributed by atoms with Crippen LogP contribution in [-0.2, 0) is 19.6 Å². The lowest BCUT2D eigenvalue weighted by molar-refractivity contribution is -0.121. The van der Waals surface area contributed by atoms with Crippen LogP contribution in [0.3, 0.4) is 0 Å². The van der Waals surface area contributed by atoms with Crippen molar-refractivity contribution in [3.63, 3.8) is 0 Å². The number of halogens is 2. The van der Waals surface area contributed by atoms with Gasteiger partial charge in [0, 0.05) is 6.61 Å². The molecule has 0 fully saturated rings. The van der Waals surface area contributed by atoms with E-state index in [2.05, 4.69) is 0 Å². The average Bonchev–Trinajstić information content (AvgIpc) is 2.34. The molecule has 114 valence electrons. The smallest absolute Gasteiger partial charge is 0.277 e. The minimum Gasteiger partial charge on any atom is -0.381 e. The Labute approximate surface area is 110 Å². The fourth-order valence-corrected chi connectivity index (χ4v) is 1.76. The van der Waals surface area contributed by atoms with Gasteiger partial charge in [0.2, 0.25) is 15.9 Å². The molecule has 0 unspecified atom stereocenters. The van der Waals surface area contributed by atoms with Crippen molar-refractivity contribution in [2.75, 3.05) is 38.6 Å². The molecule has 0 atom stereocenters. The molecule has 0 aliphatic rings. The zero-order valence-electron chi connectivity index (χ0n) is 10.6. The Morgan fingerprint density at radius 3 is 2.58 bits per heavy atom. The molecule has 0 spiro atoms. The highest BCUT2D eigenvalue weighted by Crippen LogP contribution is 2.08. The highest BCUT2D eigenvalue weighted by Gasteiger charge is 2.27. The Kier molecular flexibility index (Phi) is 7.99. The first-order valence-corrected chi connectivity index (χ1v) is 7.27. The zero-order chi connectivity index (χ0) is 14.9. The number of carbonyl (C=O) groups is 1. The highest BCUT2D eigenvalue weighted by atomic mass is 32.2. The first-order chi connectivity index (χ1) is 8.72. The Hall–Kier alpha value is -0.840. The van der Waals surface area contributed by atoms with Crippen LogP contribution in [0.2, 0.25) is 0 Å². The van der Waals surface area contributed by atoms with Crippen LogP contribution in [0.1, 0.15) is 6.92 Å². The van der Waals surface area contributed by atoms with Crippen molar-refractivity contribution in [2.45, 2.75) is 12.8 Å². The van der Waals surface area contributed by atoms with Gasteiger partial charge in [0.15, 0.2) is 0 Å². The predicted molar refractivity (Wildman–Crippen MR) is 65.3 cm³/mol. The number of carbonyl (C=O) groups excluding carboxylic acids is 1. The maximum Gasteiger partial charge on any atom is 0.277 e. The largest absolute Gasteiger partial charge is 0.381 e. The number of alkyl halides is 2. The van der Waals surface area contributed by atoms with Crippen LogP contribution >= 0.6 is 0 Å². The van der Waals surface area contributed by atoms with Gasteiger partial charge in [-0.2, -0.15) is 0 Å². The Balaban J connectivity index is 3.96. The van der Waals surface area contributed by atoms with Crippen LogP contribution in [0.25, 0.3) is 0 Å². The summed E-state index contributed by atoms with van der Waals surface area (Å²) in [7, 11) is -3.66. The van der Waals surface area contributed by atoms with E-state index < -0.39 is 41.5 Å². The van der Waals surface area contributed by atoms with Gasteiger partial charge in [-0.3, -0.25) is 4.79 Å². The average molecular weight is 303 g/mol. The normalized spacial score (nSPS) is 12.4. The van der Waals surface area contributed by atoms with E-state index in [1.807, 2.05) is 10.0 Å². The topological polar surface area (TPSA) is 111 Å². The second-order valence-corrected chi connectivity index (χ2v) is 5.60. The third-order valence-electron chi connectivity index (χ3n) is 2.00. The van der Waals surface area contributed by atoms with E-state index in [1.54, 1.807) is 6.92 Å². The van der Waals surface area contributed by atoms with Crippen molar-refractivity contribution in [1.82, 2.24) is 10.0 Å². The van der Waals surface area contributed by atoms with Crippen LogP contribution in [-0.4, -0.2) is 58.8 Å². The third-order valence-corrected chi connectivity index (χ3v) is 3.28. The molecular formula is C9H19F2N3O4S. The lowest BCUT2D eigenvalue weighted by atomic mass is 10.3. The molecule has 1 amide bonds. The van der Waals surface area contributed by atoms with Crippen molar-refractivity contribution in [3.8, 4) is 0 Å². The number of sulfonamides is 1. The maximum absolute atomic E-state index is 12.7. The molecule has 0 aromatic heterocycles. The summed E-state index contributed by atoms with van der Waals surface area (Å²) >= 11 is 0. The Bertz CT molecular complexity index is 376. The number of ether oxygens (including phenoxy) is 1. The molecule has 0 bridgehead atoms. The van der Waals surface area contributed by atoms with E-state index in [-0.39, 0.29) is 12.4 Å². The molecule has 19 heavy (non-hydrogen) atoms. The molecule has 0 heterocycles. The van der Waals surface area contributed by atoms with Crippen molar-refractivity contribution < 1.29 is 26.7 Å². The first-order valence-electron chi connectivity index (χ1n) is 5.62. The minimum atomic E-state index is -3.66. The van der Waals surface area contributed by atoms with Crippen molar-refractivity contribution in [2.24, 2.45) is 5.73 Å². The molecule has 0 aliphatic carbocycles. The van der Waals surface area contributed by atoms with E-state index in [9.17, 15) is 22.0 Å². The molecule has 0 saturated heterocycles. The summed E-state index contributed by atoms with van der Waals surface area (Å²) in [6.45, 7) is -0.334. The summed E-state index contributed by atoms with van der Waals surface area (Å²) in [5.41, 5.74) is 4.78. The minimum absolute atomic E-state index is 0.00129. The fourth-order valence-electron chi connectivity index (χ4n) is 0.923. The van der Waals surface area contributed by atoms with E-state index in [0.29, 0.717) is 6.61 Å². The van der Waals surface area contributed by atoms with E-state index in [1.165, 1.54) is 0 Å². The number of nitrogens with one attached hydrogen (secondary N) is 2. The van der Waals surface area contributed by atoms with Crippen LogP contribution in [0.5, 0.6) is 0 Å². The molecular weight excluding hydrogens is 284 g/mol. The van der Waals surface area contributed by atoms with E-state index in [0.717, 1.165) is 0 Å². The fraction of sp³-hybridized carbons (Fsp3) is 0.889. The van der Waals surface area contributed by atoms with Gasteiger partial charge in [0.25, 0.3) is 5.92 Å². The number of hydrogen-bond donors (Lipinski definition) is 3. The molecule has 0 aromatic rings. The van der Waals surface area contributed by atoms with Crippen LogP contribution in [0, 0.1) is 0 Å². The van der Waals surface area contributed by atoms with Crippen LogP contribution in [0.4, 0.5) is 8.78 Å². The monoisotopic (exact) mass is 303 g/mol. The van der Waals surface area contributed by atoms with Crippen molar-refractivity contribution in [3.05, 3.63) is 0 Å². The first kappa shape index (κ1) is 18.2. The standard InChI is InChI=1S/C9H19F2N3O4S/c1-2-18-3-4-19(16,17)14-5-8(15)13-7-9(10,11)6-12/h14H,2-7,12H2,1H3,(H,13,15). The summed E-state index contributed by atoms with van der Waals surface area (Å²) < 4.78 is 54.9. The third kappa shape index (κ3) is 9.70. The second-order valence-electron chi connectivity index (χ2n) is 3.67. The second kappa shape index (κ2) is 8.35. The quantitative estimate of drug-likeness (QED) is 0.432. The Morgan fingerprint density at radius 1 is 1.42 bits per heavy atom. The molecule has 0 rings (SSSR count). The highest BCUT2D eigenvalue weighted by molar-refractivity contribution is 7.89.